The zero-order chi connectivity index (χ0) is 13.0. The van der Waals surface area contributed by atoms with Gasteiger partial charge in [0.1, 0.15) is 11.4 Å². The number of halogens is 1. The highest BCUT2D eigenvalue weighted by Gasteiger charge is 2.22. The molecular weight excluding hydrogens is 258 g/mol. The van der Waals surface area contributed by atoms with Crippen LogP contribution >= 0.6 is 11.6 Å². The molecule has 1 aromatic heterocycles. The molecule has 0 bridgehead atoms. The molecule has 0 atom stereocenters. The predicted molar refractivity (Wildman–Crippen MR) is 66.0 cm³/mol. The largest absolute Gasteiger partial charge is 0.462 e. The van der Waals surface area contributed by atoms with Gasteiger partial charge in [-0.1, -0.05) is 0 Å². The molecule has 1 aliphatic heterocycles. The summed E-state index contributed by atoms with van der Waals surface area (Å²) in [6, 6.07) is 0. The van der Waals surface area contributed by atoms with E-state index in [0.29, 0.717) is 44.3 Å². The number of hydrogen-bond donors (Lipinski definition) is 0. The Bertz CT molecular complexity index is 436. The number of nitrogens with zero attached hydrogens (tertiary/aromatic N) is 3. The zero-order valence-corrected chi connectivity index (χ0v) is 10.8. The summed E-state index contributed by atoms with van der Waals surface area (Å²) in [4.78, 5) is 21.7. The van der Waals surface area contributed by atoms with Crippen LogP contribution in [0.3, 0.4) is 0 Å². The third-order valence-corrected chi connectivity index (χ3v) is 2.73. The summed E-state index contributed by atoms with van der Waals surface area (Å²) >= 11 is 5.79. The Hall–Kier alpha value is -1.40. The van der Waals surface area contributed by atoms with Crippen LogP contribution in [-0.2, 0) is 9.47 Å². The Morgan fingerprint density at radius 1 is 1.56 bits per heavy atom. The Kier molecular flexibility index (Phi) is 4.33. The summed E-state index contributed by atoms with van der Waals surface area (Å²) in [7, 11) is 0. The van der Waals surface area contributed by atoms with Crippen molar-refractivity contribution in [3.63, 3.8) is 0 Å². The van der Waals surface area contributed by atoms with Gasteiger partial charge in [-0.05, 0) is 18.5 Å². The first-order valence-electron chi connectivity index (χ1n) is 5.74. The van der Waals surface area contributed by atoms with Crippen LogP contribution in [-0.4, -0.2) is 48.8 Å². The highest BCUT2D eigenvalue weighted by atomic mass is 35.5. The van der Waals surface area contributed by atoms with Gasteiger partial charge in [0.25, 0.3) is 0 Å². The van der Waals surface area contributed by atoms with Gasteiger partial charge in [-0.25, -0.2) is 9.78 Å². The van der Waals surface area contributed by atoms with Crippen molar-refractivity contribution in [2.75, 3.05) is 37.8 Å². The standard InChI is InChI=1S/C11H14ClN3O3/c1-2-18-10(16)8-7-13-11(12)14-9(8)15-3-5-17-6-4-15/h7H,2-6H2,1H3. The number of carbonyl (C=O) groups is 1. The van der Waals surface area contributed by atoms with E-state index in [4.69, 9.17) is 21.1 Å². The Balaban J connectivity index is 2.30. The molecule has 1 aliphatic rings. The molecule has 6 nitrogen and oxygen atoms in total. The maximum absolute atomic E-state index is 11.8. The molecule has 0 radical (unpaired) electrons. The van der Waals surface area contributed by atoms with E-state index in [-0.39, 0.29) is 5.28 Å². The minimum absolute atomic E-state index is 0.115. The summed E-state index contributed by atoms with van der Waals surface area (Å²) in [5, 5.41) is 0.115. The van der Waals surface area contributed by atoms with Crippen molar-refractivity contribution in [1.82, 2.24) is 9.97 Å². The highest BCUT2D eigenvalue weighted by Crippen LogP contribution is 2.21. The summed E-state index contributed by atoms with van der Waals surface area (Å²) < 4.78 is 10.2. The third-order valence-electron chi connectivity index (χ3n) is 2.55. The van der Waals surface area contributed by atoms with E-state index < -0.39 is 5.97 Å². The van der Waals surface area contributed by atoms with Gasteiger partial charge in [0.05, 0.1) is 19.8 Å². The topological polar surface area (TPSA) is 64.5 Å². The highest BCUT2D eigenvalue weighted by molar-refractivity contribution is 6.28. The molecule has 0 aliphatic carbocycles. The lowest BCUT2D eigenvalue weighted by molar-refractivity contribution is 0.0525. The van der Waals surface area contributed by atoms with Crippen LogP contribution < -0.4 is 4.90 Å². The molecule has 0 amide bonds. The van der Waals surface area contributed by atoms with Crippen LogP contribution in [0, 0.1) is 0 Å². The normalized spacial score (nSPS) is 15.6. The molecule has 0 aromatic carbocycles. The van der Waals surface area contributed by atoms with Crippen molar-refractivity contribution in [1.29, 1.82) is 0 Å². The second-order valence-electron chi connectivity index (χ2n) is 3.70. The molecule has 0 saturated carbocycles. The first-order chi connectivity index (χ1) is 8.72. The predicted octanol–water partition coefficient (Wildman–Crippen LogP) is 1.14. The van der Waals surface area contributed by atoms with E-state index in [1.54, 1.807) is 6.92 Å². The number of aromatic nitrogens is 2. The van der Waals surface area contributed by atoms with Gasteiger partial charge in [0.2, 0.25) is 5.28 Å². The third kappa shape index (κ3) is 2.88. The van der Waals surface area contributed by atoms with Crippen LogP contribution in [0.2, 0.25) is 5.28 Å². The molecule has 2 heterocycles. The number of anilines is 1. The monoisotopic (exact) mass is 271 g/mol. The fourth-order valence-electron chi connectivity index (χ4n) is 1.72. The quantitative estimate of drug-likeness (QED) is 0.607. The molecule has 1 saturated heterocycles. The van der Waals surface area contributed by atoms with Crippen LogP contribution in [0.15, 0.2) is 6.20 Å². The second kappa shape index (κ2) is 5.97. The van der Waals surface area contributed by atoms with Crippen molar-refractivity contribution >= 4 is 23.4 Å². The van der Waals surface area contributed by atoms with Crippen molar-refractivity contribution < 1.29 is 14.3 Å². The van der Waals surface area contributed by atoms with E-state index >= 15 is 0 Å². The van der Waals surface area contributed by atoms with Crippen molar-refractivity contribution in [3.8, 4) is 0 Å². The lowest BCUT2D eigenvalue weighted by Gasteiger charge is -2.28. The Morgan fingerprint density at radius 2 is 2.28 bits per heavy atom. The molecule has 0 spiro atoms. The molecule has 0 N–H and O–H groups in total. The van der Waals surface area contributed by atoms with Gasteiger partial charge in [0.15, 0.2) is 0 Å². The summed E-state index contributed by atoms with van der Waals surface area (Å²) in [6.07, 6.45) is 1.40. The molecule has 2 rings (SSSR count). The molecular formula is C11H14ClN3O3. The maximum Gasteiger partial charge on any atom is 0.343 e. The second-order valence-corrected chi connectivity index (χ2v) is 4.03. The zero-order valence-electron chi connectivity index (χ0n) is 10.1. The van der Waals surface area contributed by atoms with Gasteiger partial charge in [-0.2, -0.15) is 4.98 Å². The lowest BCUT2D eigenvalue weighted by atomic mass is 10.2. The minimum Gasteiger partial charge on any atom is -0.462 e. The lowest BCUT2D eigenvalue weighted by Crippen LogP contribution is -2.38. The van der Waals surface area contributed by atoms with Crippen LogP contribution in [0.25, 0.3) is 0 Å². The van der Waals surface area contributed by atoms with Gasteiger partial charge in [-0.15, -0.1) is 0 Å². The first-order valence-corrected chi connectivity index (χ1v) is 6.12. The number of esters is 1. The molecule has 7 heteroatoms. The van der Waals surface area contributed by atoms with Crippen LogP contribution in [0.5, 0.6) is 0 Å². The van der Waals surface area contributed by atoms with E-state index in [2.05, 4.69) is 9.97 Å². The molecule has 1 aromatic rings. The molecule has 18 heavy (non-hydrogen) atoms. The summed E-state index contributed by atoms with van der Waals surface area (Å²) in [5.41, 5.74) is 0.336. The average molecular weight is 272 g/mol. The van der Waals surface area contributed by atoms with Crippen molar-refractivity contribution in [2.24, 2.45) is 0 Å². The molecule has 0 unspecified atom stereocenters. The number of rotatable bonds is 3. The minimum atomic E-state index is -0.435. The fraction of sp³-hybridized carbons (Fsp3) is 0.545. The Labute approximate surface area is 110 Å². The summed E-state index contributed by atoms with van der Waals surface area (Å²) in [6.45, 7) is 4.60. The number of hydrogen-bond acceptors (Lipinski definition) is 6. The summed E-state index contributed by atoms with van der Waals surface area (Å²) in [5.74, 6) is 0.0763. The van der Waals surface area contributed by atoms with Gasteiger partial charge >= 0.3 is 5.97 Å². The van der Waals surface area contributed by atoms with Crippen molar-refractivity contribution in [2.45, 2.75) is 6.92 Å². The van der Waals surface area contributed by atoms with E-state index in [1.807, 2.05) is 4.90 Å². The number of morpholine rings is 1. The van der Waals surface area contributed by atoms with E-state index in [0.717, 1.165) is 0 Å². The van der Waals surface area contributed by atoms with Gasteiger partial charge < -0.3 is 14.4 Å². The number of ether oxygens (including phenoxy) is 2. The maximum atomic E-state index is 11.8. The van der Waals surface area contributed by atoms with Gasteiger partial charge in [0, 0.05) is 19.3 Å². The fourth-order valence-corrected chi connectivity index (χ4v) is 1.85. The van der Waals surface area contributed by atoms with E-state index in [9.17, 15) is 4.79 Å². The smallest absolute Gasteiger partial charge is 0.343 e. The SMILES string of the molecule is CCOC(=O)c1cnc(Cl)nc1N1CCOCC1. The van der Waals surface area contributed by atoms with Crippen LogP contribution in [0.4, 0.5) is 5.82 Å². The number of carbonyl (C=O) groups excluding carboxylic acids is 1. The molecule has 98 valence electrons. The van der Waals surface area contributed by atoms with Gasteiger partial charge in [-0.3, -0.25) is 0 Å². The van der Waals surface area contributed by atoms with Crippen molar-refractivity contribution in [3.05, 3.63) is 17.0 Å². The average Bonchev–Trinajstić information content (AvgIpc) is 2.40. The first kappa shape index (κ1) is 13.0. The van der Waals surface area contributed by atoms with Crippen LogP contribution in [0.1, 0.15) is 17.3 Å². The Morgan fingerprint density at radius 3 is 2.94 bits per heavy atom. The molecule has 1 fully saturated rings. The van der Waals surface area contributed by atoms with E-state index in [1.165, 1.54) is 6.20 Å².